The van der Waals surface area contributed by atoms with Crippen molar-refractivity contribution in [2.45, 2.75) is 31.0 Å². The van der Waals surface area contributed by atoms with Gasteiger partial charge in [0, 0.05) is 0 Å². The van der Waals surface area contributed by atoms with E-state index in [9.17, 15) is 19.2 Å². The van der Waals surface area contributed by atoms with Gasteiger partial charge in [-0.05, 0) is 48.5 Å². The molecule has 1 saturated heterocycles. The molecule has 0 spiro atoms. The SMILES string of the molecule is O=C(OC[C@H]1O[C@H](OC(=O)c2ccccc2)C[C@@H](OC(=O)c2ccccc2)[C@@H]1OC(=O)c1ccccc1)c1ccccc1. The van der Waals surface area contributed by atoms with Crippen LogP contribution >= 0.6 is 0 Å². The van der Waals surface area contributed by atoms with Crippen molar-refractivity contribution < 1.29 is 42.9 Å². The van der Waals surface area contributed by atoms with Crippen LogP contribution in [-0.2, 0) is 23.7 Å². The minimum atomic E-state index is -1.21. The van der Waals surface area contributed by atoms with E-state index in [4.69, 9.17) is 23.7 Å². The molecule has 0 saturated carbocycles. The minimum absolute atomic E-state index is 0.146. The molecular formula is C34H28O9. The highest BCUT2D eigenvalue weighted by Crippen LogP contribution is 2.29. The van der Waals surface area contributed by atoms with E-state index in [2.05, 4.69) is 0 Å². The number of esters is 4. The molecule has 0 aromatic heterocycles. The van der Waals surface area contributed by atoms with Crippen LogP contribution in [0.4, 0.5) is 0 Å². The predicted molar refractivity (Wildman–Crippen MR) is 153 cm³/mol. The standard InChI is InChI=1S/C34H28O9/c35-31(23-13-5-1-6-14-23)39-22-28-30(43-34(38)26-19-11-4-12-20-26)27(41-32(36)24-15-7-2-8-16-24)21-29(40-28)42-33(37)25-17-9-3-10-18-25/h1-20,27-30H,21-22H2/t27-,28-,29-,30+/m1/s1. The average Bonchev–Trinajstić information content (AvgIpc) is 3.06. The number of carbonyl (C=O) groups is 4. The Bertz CT molecular complexity index is 1530. The van der Waals surface area contributed by atoms with Gasteiger partial charge >= 0.3 is 23.9 Å². The molecule has 0 aliphatic carbocycles. The van der Waals surface area contributed by atoms with Crippen molar-refractivity contribution in [3.8, 4) is 0 Å². The highest BCUT2D eigenvalue weighted by atomic mass is 16.7. The second kappa shape index (κ2) is 14.1. The van der Waals surface area contributed by atoms with Crippen molar-refractivity contribution in [2.24, 2.45) is 0 Å². The number of rotatable bonds is 9. The molecule has 1 heterocycles. The number of hydrogen-bond donors (Lipinski definition) is 0. The molecule has 4 atom stereocenters. The molecule has 0 unspecified atom stereocenters. The van der Waals surface area contributed by atoms with E-state index in [1.54, 1.807) is 121 Å². The molecular weight excluding hydrogens is 552 g/mol. The maximum atomic E-state index is 13.2. The largest absolute Gasteiger partial charge is 0.459 e. The molecule has 0 amide bonds. The summed E-state index contributed by atoms with van der Waals surface area (Å²) in [5.41, 5.74) is 1.11. The minimum Gasteiger partial charge on any atom is -0.459 e. The Hall–Kier alpha value is -5.28. The zero-order valence-corrected chi connectivity index (χ0v) is 22.9. The van der Waals surface area contributed by atoms with Crippen molar-refractivity contribution in [2.75, 3.05) is 6.61 Å². The van der Waals surface area contributed by atoms with E-state index < -0.39 is 48.5 Å². The third-order valence-corrected chi connectivity index (χ3v) is 6.64. The lowest BCUT2D eigenvalue weighted by Crippen LogP contribution is -2.54. The Morgan fingerprint density at radius 3 is 1.40 bits per heavy atom. The maximum absolute atomic E-state index is 13.2. The summed E-state index contributed by atoms with van der Waals surface area (Å²) < 4.78 is 28.9. The van der Waals surface area contributed by atoms with E-state index in [1.165, 1.54) is 0 Å². The Morgan fingerprint density at radius 2 is 0.930 bits per heavy atom. The highest BCUT2D eigenvalue weighted by molar-refractivity contribution is 5.91. The van der Waals surface area contributed by atoms with E-state index in [0.717, 1.165) is 0 Å². The molecule has 1 aliphatic heterocycles. The summed E-state index contributed by atoms with van der Waals surface area (Å²) >= 11 is 0. The summed E-state index contributed by atoms with van der Waals surface area (Å²) in [6.45, 7) is -0.390. The second-order valence-electron chi connectivity index (χ2n) is 9.62. The zero-order chi connectivity index (χ0) is 30.0. The molecule has 5 rings (SSSR count). The molecule has 0 bridgehead atoms. The summed E-state index contributed by atoms with van der Waals surface area (Å²) in [4.78, 5) is 51.9. The van der Waals surface area contributed by atoms with Crippen LogP contribution in [0.1, 0.15) is 47.9 Å². The van der Waals surface area contributed by atoms with E-state index >= 15 is 0 Å². The first-order valence-electron chi connectivity index (χ1n) is 13.6. The van der Waals surface area contributed by atoms with Crippen LogP contribution < -0.4 is 0 Å². The first-order valence-corrected chi connectivity index (χ1v) is 13.6. The molecule has 0 N–H and O–H groups in total. The van der Waals surface area contributed by atoms with Crippen molar-refractivity contribution in [1.29, 1.82) is 0 Å². The second-order valence-corrected chi connectivity index (χ2v) is 9.62. The van der Waals surface area contributed by atoms with Crippen LogP contribution in [0.3, 0.4) is 0 Å². The fourth-order valence-electron chi connectivity index (χ4n) is 4.49. The van der Waals surface area contributed by atoms with Gasteiger partial charge in [-0.3, -0.25) is 0 Å². The smallest absolute Gasteiger partial charge is 0.340 e. The molecule has 43 heavy (non-hydrogen) atoms. The van der Waals surface area contributed by atoms with Gasteiger partial charge in [-0.2, -0.15) is 0 Å². The number of carbonyl (C=O) groups excluding carboxylic acids is 4. The van der Waals surface area contributed by atoms with Crippen LogP contribution in [0, 0.1) is 0 Å². The van der Waals surface area contributed by atoms with Gasteiger partial charge < -0.3 is 23.7 Å². The summed E-state index contributed by atoms with van der Waals surface area (Å²) in [5, 5.41) is 0. The topological polar surface area (TPSA) is 114 Å². The van der Waals surface area contributed by atoms with Crippen molar-refractivity contribution in [3.05, 3.63) is 144 Å². The van der Waals surface area contributed by atoms with Crippen LogP contribution in [0.25, 0.3) is 0 Å². The Labute approximate surface area is 247 Å². The molecule has 218 valence electrons. The van der Waals surface area contributed by atoms with Crippen LogP contribution in [-0.4, -0.2) is 55.1 Å². The monoisotopic (exact) mass is 580 g/mol. The highest BCUT2D eigenvalue weighted by Gasteiger charge is 2.46. The fourth-order valence-corrected chi connectivity index (χ4v) is 4.49. The van der Waals surface area contributed by atoms with Gasteiger partial charge in [-0.15, -0.1) is 0 Å². The van der Waals surface area contributed by atoms with E-state index in [-0.39, 0.29) is 29.7 Å². The van der Waals surface area contributed by atoms with Gasteiger partial charge in [0.25, 0.3) is 0 Å². The molecule has 4 aromatic carbocycles. The quantitative estimate of drug-likeness (QED) is 0.193. The van der Waals surface area contributed by atoms with Gasteiger partial charge in [-0.1, -0.05) is 72.8 Å². The first-order chi connectivity index (χ1) is 21.0. The van der Waals surface area contributed by atoms with Crippen LogP contribution in [0.2, 0.25) is 0 Å². The van der Waals surface area contributed by atoms with Crippen molar-refractivity contribution >= 4 is 23.9 Å². The zero-order valence-electron chi connectivity index (χ0n) is 22.9. The summed E-state index contributed by atoms with van der Waals surface area (Å²) in [5.74, 6) is -2.69. The lowest BCUT2D eigenvalue weighted by molar-refractivity contribution is -0.238. The Kier molecular flexibility index (Phi) is 9.56. The van der Waals surface area contributed by atoms with Crippen molar-refractivity contribution in [3.63, 3.8) is 0 Å². The molecule has 0 radical (unpaired) electrons. The van der Waals surface area contributed by atoms with Gasteiger partial charge in [0.1, 0.15) is 18.8 Å². The maximum Gasteiger partial charge on any atom is 0.340 e. The lowest BCUT2D eigenvalue weighted by Gasteiger charge is -2.39. The van der Waals surface area contributed by atoms with Crippen LogP contribution in [0.5, 0.6) is 0 Å². The number of ether oxygens (including phenoxy) is 5. The average molecular weight is 581 g/mol. The fraction of sp³-hybridized carbons (Fsp3) is 0.176. The summed E-state index contributed by atoms with van der Waals surface area (Å²) in [6.07, 6.45) is -4.85. The Morgan fingerprint density at radius 1 is 0.535 bits per heavy atom. The predicted octanol–water partition coefficient (Wildman–Crippen LogP) is 5.27. The normalized spacial score (nSPS) is 19.4. The lowest BCUT2D eigenvalue weighted by atomic mass is 10.0. The van der Waals surface area contributed by atoms with Gasteiger partial charge in [-0.25, -0.2) is 19.2 Å². The van der Waals surface area contributed by atoms with Crippen LogP contribution in [0.15, 0.2) is 121 Å². The first kappa shape index (κ1) is 29.2. The molecule has 1 fully saturated rings. The van der Waals surface area contributed by atoms with Gasteiger partial charge in [0.2, 0.25) is 6.29 Å². The molecule has 1 aliphatic rings. The Balaban J connectivity index is 1.42. The van der Waals surface area contributed by atoms with E-state index in [0.29, 0.717) is 5.56 Å². The molecule has 9 heteroatoms. The molecule has 9 nitrogen and oxygen atoms in total. The van der Waals surface area contributed by atoms with E-state index in [1.807, 2.05) is 0 Å². The summed E-state index contributed by atoms with van der Waals surface area (Å²) in [7, 11) is 0. The van der Waals surface area contributed by atoms with Gasteiger partial charge in [0.15, 0.2) is 6.10 Å². The molecule has 4 aromatic rings. The number of hydrogen-bond acceptors (Lipinski definition) is 9. The van der Waals surface area contributed by atoms with Crippen molar-refractivity contribution in [1.82, 2.24) is 0 Å². The third kappa shape index (κ3) is 7.72. The number of benzene rings is 4. The van der Waals surface area contributed by atoms with Gasteiger partial charge in [0.05, 0.1) is 28.7 Å². The summed E-state index contributed by atoms with van der Waals surface area (Å²) in [6, 6.07) is 33.2. The third-order valence-electron chi connectivity index (χ3n) is 6.64.